The highest BCUT2D eigenvalue weighted by molar-refractivity contribution is 7.15. The maximum Gasteiger partial charge on any atom is 0.230 e. The molecule has 0 fully saturated rings. The van der Waals surface area contributed by atoms with E-state index in [1.54, 1.807) is 7.11 Å². The Morgan fingerprint density at radius 2 is 1.64 bits per heavy atom. The van der Waals surface area contributed by atoms with Crippen molar-refractivity contribution in [2.75, 3.05) is 17.7 Å². The van der Waals surface area contributed by atoms with Crippen LogP contribution in [0.5, 0.6) is 5.75 Å². The Morgan fingerprint density at radius 3 is 2.36 bits per heavy atom. The standard InChI is InChI=1S/C26H22N4O2S/c1-32-23-13-7-18(8-14-23)24-16-30-22(17-33-26(30)29-24)15-25(31)28-21-11-9-20(10-12-21)27-19-5-3-2-4-6-19/h2-14,16-17,27H,15H2,1H3,(H,28,31). The van der Waals surface area contributed by atoms with Crippen LogP contribution < -0.4 is 15.4 Å². The predicted molar refractivity (Wildman–Crippen MR) is 134 cm³/mol. The summed E-state index contributed by atoms with van der Waals surface area (Å²) in [6, 6.07) is 25.4. The summed E-state index contributed by atoms with van der Waals surface area (Å²) in [5, 5.41) is 8.29. The van der Waals surface area contributed by atoms with Crippen LogP contribution in [-0.4, -0.2) is 22.4 Å². The van der Waals surface area contributed by atoms with Crippen LogP contribution in [0.4, 0.5) is 17.1 Å². The minimum atomic E-state index is -0.0711. The fraction of sp³-hybridized carbons (Fsp3) is 0.0769. The van der Waals surface area contributed by atoms with Gasteiger partial charge in [-0.3, -0.25) is 9.20 Å². The molecule has 0 spiro atoms. The van der Waals surface area contributed by atoms with Gasteiger partial charge in [-0.15, -0.1) is 11.3 Å². The van der Waals surface area contributed by atoms with Crippen LogP contribution in [0.3, 0.4) is 0 Å². The Hall–Kier alpha value is -4.10. The maximum absolute atomic E-state index is 12.7. The van der Waals surface area contributed by atoms with E-state index in [0.29, 0.717) is 0 Å². The van der Waals surface area contributed by atoms with E-state index in [2.05, 4.69) is 10.6 Å². The van der Waals surface area contributed by atoms with Crippen LogP contribution in [0.1, 0.15) is 5.69 Å². The summed E-state index contributed by atoms with van der Waals surface area (Å²) in [6.45, 7) is 0. The SMILES string of the molecule is COc1ccc(-c2cn3c(CC(=O)Nc4ccc(Nc5ccccc5)cc4)csc3n2)cc1. The fourth-order valence-electron chi connectivity index (χ4n) is 3.55. The number of thiazole rings is 1. The van der Waals surface area contributed by atoms with Crippen molar-refractivity contribution in [3.8, 4) is 17.0 Å². The Bertz CT molecular complexity index is 1370. The molecule has 2 heterocycles. The smallest absolute Gasteiger partial charge is 0.230 e. The number of imidazole rings is 1. The molecule has 33 heavy (non-hydrogen) atoms. The quantitative estimate of drug-likeness (QED) is 0.317. The number of aromatic nitrogens is 2. The number of para-hydroxylation sites is 1. The summed E-state index contributed by atoms with van der Waals surface area (Å²) in [4.78, 5) is 18.2. The molecule has 0 radical (unpaired) electrons. The Morgan fingerprint density at radius 1 is 0.939 bits per heavy atom. The highest BCUT2D eigenvalue weighted by Crippen LogP contribution is 2.26. The van der Waals surface area contributed by atoms with E-state index in [1.165, 1.54) is 11.3 Å². The van der Waals surface area contributed by atoms with Gasteiger partial charge in [0.2, 0.25) is 5.91 Å². The van der Waals surface area contributed by atoms with Gasteiger partial charge in [0.05, 0.1) is 19.2 Å². The van der Waals surface area contributed by atoms with Crippen molar-refractivity contribution >= 4 is 39.3 Å². The number of fused-ring (bicyclic) bond motifs is 1. The number of hydrogen-bond acceptors (Lipinski definition) is 5. The predicted octanol–water partition coefficient (Wildman–Crippen LogP) is 6.00. The summed E-state index contributed by atoms with van der Waals surface area (Å²) < 4.78 is 7.21. The number of amides is 1. The normalized spacial score (nSPS) is 10.8. The molecule has 1 amide bonds. The molecule has 0 bridgehead atoms. The number of rotatable bonds is 7. The van der Waals surface area contributed by atoms with E-state index in [-0.39, 0.29) is 12.3 Å². The molecule has 0 unspecified atom stereocenters. The van der Waals surface area contributed by atoms with Crippen LogP contribution in [0.15, 0.2) is 90.4 Å². The number of nitrogens with zero attached hydrogens (tertiary/aromatic N) is 2. The van der Waals surface area contributed by atoms with Gasteiger partial charge in [0, 0.05) is 39.9 Å². The summed E-state index contributed by atoms with van der Waals surface area (Å²) in [6.07, 6.45) is 2.24. The zero-order valence-corrected chi connectivity index (χ0v) is 18.8. The first-order valence-electron chi connectivity index (χ1n) is 10.5. The van der Waals surface area contributed by atoms with Gasteiger partial charge in [0.25, 0.3) is 0 Å². The zero-order chi connectivity index (χ0) is 22.6. The molecule has 2 N–H and O–H groups in total. The summed E-state index contributed by atoms with van der Waals surface area (Å²) in [5.41, 5.74) is 5.52. The van der Waals surface area contributed by atoms with E-state index >= 15 is 0 Å². The highest BCUT2D eigenvalue weighted by atomic mass is 32.1. The van der Waals surface area contributed by atoms with Crippen LogP contribution in [0, 0.1) is 0 Å². The lowest BCUT2D eigenvalue weighted by Gasteiger charge is -2.08. The lowest BCUT2D eigenvalue weighted by Crippen LogP contribution is -2.15. The second-order valence-electron chi connectivity index (χ2n) is 7.53. The number of benzene rings is 3. The van der Waals surface area contributed by atoms with Crippen molar-refractivity contribution in [2.24, 2.45) is 0 Å². The van der Waals surface area contributed by atoms with Gasteiger partial charge in [0.15, 0.2) is 4.96 Å². The Kier molecular flexibility index (Phi) is 5.78. The largest absolute Gasteiger partial charge is 0.497 e. The summed E-state index contributed by atoms with van der Waals surface area (Å²) >= 11 is 1.53. The van der Waals surface area contributed by atoms with Crippen LogP contribution >= 0.6 is 11.3 Å². The van der Waals surface area contributed by atoms with Gasteiger partial charge in [0.1, 0.15) is 5.75 Å². The van der Waals surface area contributed by atoms with Crippen LogP contribution in [-0.2, 0) is 11.2 Å². The first kappa shape index (κ1) is 20.8. The zero-order valence-electron chi connectivity index (χ0n) is 18.0. The molecule has 0 saturated carbocycles. The molecular weight excluding hydrogens is 432 g/mol. The van der Waals surface area contributed by atoms with Gasteiger partial charge >= 0.3 is 0 Å². The third-order valence-corrected chi connectivity index (χ3v) is 6.13. The lowest BCUT2D eigenvalue weighted by atomic mass is 10.2. The third-order valence-electron chi connectivity index (χ3n) is 5.24. The second-order valence-corrected chi connectivity index (χ2v) is 8.36. The number of carbonyl (C=O) groups excluding carboxylic acids is 1. The summed E-state index contributed by atoms with van der Waals surface area (Å²) in [5.74, 6) is 0.735. The first-order valence-corrected chi connectivity index (χ1v) is 11.4. The number of hydrogen-bond donors (Lipinski definition) is 2. The van der Waals surface area contributed by atoms with Crippen molar-refractivity contribution in [1.82, 2.24) is 9.38 Å². The van der Waals surface area contributed by atoms with Gasteiger partial charge in [-0.2, -0.15) is 0 Å². The molecule has 3 aromatic carbocycles. The van der Waals surface area contributed by atoms with Gasteiger partial charge in [-0.05, 0) is 60.7 Å². The first-order chi connectivity index (χ1) is 16.2. The van der Waals surface area contributed by atoms with Gasteiger partial charge < -0.3 is 15.4 Å². The van der Waals surface area contributed by atoms with Crippen LogP contribution in [0.2, 0.25) is 0 Å². The minimum Gasteiger partial charge on any atom is -0.497 e. The number of carbonyl (C=O) groups is 1. The van der Waals surface area contributed by atoms with E-state index in [4.69, 9.17) is 9.72 Å². The topological polar surface area (TPSA) is 67.7 Å². The molecule has 6 nitrogen and oxygen atoms in total. The molecule has 2 aromatic heterocycles. The average Bonchev–Trinajstić information content (AvgIpc) is 3.43. The van der Waals surface area contributed by atoms with Crippen molar-refractivity contribution in [1.29, 1.82) is 0 Å². The minimum absolute atomic E-state index is 0.0711. The monoisotopic (exact) mass is 454 g/mol. The number of ether oxygens (including phenoxy) is 1. The maximum atomic E-state index is 12.7. The number of nitrogens with one attached hydrogen (secondary N) is 2. The summed E-state index contributed by atoms with van der Waals surface area (Å²) in [7, 11) is 1.65. The molecule has 0 saturated heterocycles. The molecule has 5 rings (SSSR count). The van der Waals surface area contributed by atoms with Crippen molar-refractivity contribution < 1.29 is 9.53 Å². The Labute approximate surface area is 195 Å². The molecule has 5 aromatic rings. The lowest BCUT2D eigenvalue weighted by molar-refractivity contribution is -0.115. The van der Waals surface area contributed by atoms with Gasteiger partial charge in [-0.25, -0.2) is 4.98 Å². The van der Waals surface area contributed by atoms with Crippen molar-refractivity contribution in [3.63, 3.8) is 0 Å². The van der Waals surface area contributed by atoms with E-state index in [1.807, 2.05) is 94.8 Å². The molecule has 0 aliphatic heterocycles. The molecular formula is C26H22N4O2S. The third kappa shape index (κ3) is 4.73. The van der Waals surface area contributed by atoms with E-state index in [0.717, 1.165) is 44.7 Å². The second kappa shape index (κ2) is 9.18. The van der Waals surface area contributed by atoms with Crippen molar-refractivity contribution in [3.05, 3.63) is 96.1 Å². The number of anilines is 3. The molecule has 164 valence electrons. The van der Waals surface area contributed by atoms with E-state index in [9.17, 15) is 4.79 Å². The average molecular weight is 455 g/mol. The molecule has 0 aliphatic carbocycles. The Balaban J connectivity index is 1.25. The fourth-order valence-corrected chi connectivity index (χ4v) is 4.43. The highest BCUT2D eigenvalue weighted by Gasteiger charge is 2.13. The van der Waals surface area contributed by atoms with Crippen molar-refractivity contribution in [2.45, 2.75) is 6.42 Å². The van der Waals surface area contributed by atoms with E-state index < -0.39 is 0 Å². The van der Waals surface area contributed by atoms with Crippen LogP contribution in [0.25, 0.3) is 16.2 Å². The molecule has 0 aliphatic rings. The molecule has 0 atom stereocenters. The molecule has 7 heteroatoms. The van der Waals surface area contributed by atoms with Gasteiger partial charge in [-0.1, -0.05) is 18.2 Å². The number of methoxy groups -OCH3 is 1.